The number of anilines is 3. The Morgan fingerprint density at radius 3 is 2.30 bits per heavy atom. The van der Waals surface area contributed by atoms with Gasteiger partial charge in [-0.15, -0.1) is 0 Å². The molecule has 0 spiro atoms. The fraction of sp³-hybridized carbons (Fsp3) is 0.147. The first-order valence-electron chi connectivity index (χ1n) is 14.0. The van der Waals surface area contributed by atoms with Crippen LogP contribution in [0, 0.1) is 13.8 Å². The van der Waals surface area contributed by atoms with Crippen LogP contribution in [-0.4, -0.2) is 28.0 Å². The minimum Gasteiger partial charge on any atom is -0.322 e. The minimum atomic E-state index is -4.60. The Morgan fingerprint density at radius 2 is 1.57 bits per heavy atom. The van der Waals surface area contributed by atoms with Crippen LogP contribution in [0.5, 0.6) is 0 Å². The van der Waals surface area contributed by atoms with E-state index in [0.717, 1.165) is 29.1 Å². The maximum Gasteiger partial charge on any atom is 0.416 e. The summed E-state index contributed by atoms with van der Waals surface area (Å²) in [5.74, 6) is 0.440. The van der Waals surface area contributed by atoms with E-state index in [1.165, 1.54) is 6.07 Å². The number of rotatable bonds is 5. The Bertz CT molecular complexity index is 1860. The van der Waals surface area contributed by atoms with E-state index in [-0.39, 0.29) is 11.6 Å². The second kappa shape index (κ2) is 11.4. The molecule has 222 valence electrons. The quantitative estimate of drug-likeness (QED) is 0.216. The first-order chi connectivity index (χ1) is 21.1. The summed E-state index contributed by atoms with van der Waals surface area (Å²) in [6.45, 7) is 4.39. The molecule has 0 bridgehead atoms. The van der Waals surface area contributed by atoms with Crippen molar-refractivity contribution in [1.82, 2.24) is 9.55 Å². The van der Waals surface area contributed by atoms with Crippen molar-refractivity contribution in [3.8, 4) is 16.9 Å². The maximum atomic E-state index is 13.5. The molecule has 2 N–H and O–H groups in total. The van der Waals surface area contributed by atoms with Gasteiger partial charge in [0, 0.05) is 34.9 Å². The molecule has 0 atom stereocenters. The van der Waals surface area contributed by atoms with Crippen LogP contribution in [0.15, 0.2) is 97.1 Å². The number of benzene rings is 3. The van der Waals surface area contributed by atoms with E-state index in [9.17, 15) is 22.8 Å². The summed E-state index contributed by atoms with van der Waals surface area (Å²) in [5.41, 5.74) is 3.99. The average Bonchev–Trinajstić information content (AvgIpc) is 3.58. The lowest BCUT2D eigenvalue weighted by Crippen LogP contribution is -2.33. The molecule has 2 aromatic heterocycles. The molecule has 5 aromatic rings. The van der Waals surface area contributed by atoms with Gasteiger partial charge in [0.25, 0.3) is 5.91 Å². The lowest BCUT2D eigenvalue weighted by molar-refractivity contribution is -0.137. The monoisotopic (exact) mass is 595 g/mol. The number of alkyl halides is 3. The zero-order valence-electron chi connectivity index (χ0n) is 23.9. The molecule has 1 aliphatic rings. The van der Waals surface area contributed by atoms with E-state index in [4.69, 9.17) is 0 Å². The van der Waals surface area contributed by atoms with Gasteiger partial charge >= 0.3 is 12.2 Å². The number of amides is 3. The molecule has 7 nitrogen and oxygen atoms in total. The predicted octanol–water partition coefficient (Wildman–Crippen LogP) is 8.02. The van der Waals surface area contributed by atoms with Gasteiger partial charge in [-0.25, -0.2) is 9.78 Å². The van der Waals surface area contributed by atoms with Crippen LogP contribution in [-0.2, 0) is 12.6 Å². The van der Waals surface area contributed by atoms with Gasteiger partial charge in [-0.05, 0) is 91.6 Å². The number of halogens is 3. The lowest BCUT2D eigenvalue weighted by atomic mass is 9.96. The SMILES string of the molecule is Cc1ccc(C)n1-c1cccc(NC(=O)N2CCc3cc(NC(=O)c4cc(C(F)(F)F)ccc4-c4ccccc4)ccc32)n1. The predicted molar refractivity (Wildman–Crippen MR) is 164 cm³/mol. The van der Waals surface area contributed by atoms with Crippen LogP contribution in [0.1, 0.15) is 32.9 Å². The van der Waals surface area contributed by atoms with Crippen LogP contribution in [0.2, 0.25) is 0 Å². The van der Waals surface area contributed by atoms with Crippen molar-refractivity contribution >= 4 is 29.1 Å². The molecule has 1 aliphatic heterocycles. The van der Waals surface area contributed by atoms with Crippen molar-refractivity contribution < 1.29 is 22.8 Å². The summed E-state index contributed by atoms with van der Waals surface area (Å²) in [7, 11) is 0. The van der Waals surface area contributed by atoms with Crippen molar-refractivity contribution in [2.45, 2.75) is 26.4 Å². The smallest absolute Gasteiger partial charge is 0.322 e. The third-order valence-electron chi connectivity index (χ3n) is 7.62. The fourth-order valence-corrected chi connectivity index (χ4v) is 5.49. The zero-order chi connectivity index (χ0) is 31.0. The first-order valence-corrected chi connectivity index (χ1v) is 14.0. The van der Waals surface area contributed by atoms with Crippen LogP contribution in [0.4, 0.5) is 35.2 Å². The van der Waals surface area contributed by atoms with Gasteiger partial charge in [0.05, 0.1) is 5.56 Å². The van der Waals surface area contributed by atoms with Gasteiger partial charge < -0.3 is 9.88 Å². The Hall–Kier alpha value is -5.38. The average molecular weight is 596 g/mol. The molecule has 0 fully saturated rings. The molecule has 6 rings (SSSR count). The summed E-state index contributed by atoms with van der Waals surface area (Å²) in [6.07, 6.45) is -4.06. The number of fused-ring (bicyclic) bond motifs is 1. The Balaban J connectivity index is 1.21. The topological polar surface area (TPSA) is 79.3 Å². The van der Waals surface area contributed by atoms with Gasteiger partial charge in [0.15, 0.2) is 0 Å². The van der Waals surface area contributed by atoms with Gasteiger partial charge in [0.1, 0.15) is 11.6 Å². The number of hydrogen-bond donors (Lipinski definition) is 2. The van der Waals surface area contributed by atoms with Gasteiger partial charge in [-0.1, -0.05) is 42.5 Å². The first kappa shape index (κ1) is 28.7. The largest absolute Gasteiger partial charge is 0.416 e. The van der Waals surface area contributed by atoms with Crippen molar-refractivity contribution in [3.63, 3.8) is 0 Å². The van der Waals surface area contributed by atoms with E-state index < -0.39 is 17.6 Å². The molecule has 0 aliphatic carbocycles. The highest BCUT2D eigenvalue weighted by Gasteiger charge is 2.32. The maximum absolute atomic E-state index is 13.5. The molecule has 0 unspecified atom stereocenters. The molecule has 44 heavy (non-hydrogen) atoms. The number of carbonyl (C=O) groups is 2. The van der Waals surface area contributed by atoms with Crippen LogP contribution < -0.4 is 15.5 Å². The summed E-state index contributed by atoms with van der Waals surface area (Å²) < 4.78 is 42.6. The lowest BCUT2D eigenvalue weighted by Gasteiger charge is -2.19. The Morgan fingerprint density at radius 1 is 0.818 bits per heavy atom. The van der Waals surface area contributed by atoms with Crippen molar-refractivity contribution in [2.24, 2.45) is 0 Å². The van der Waals surface area contributed by atoms with E-state index in [1.54, 1.807) is 59.5 Å². The number of aromatic nitrogens is 2. The van der Waals surface area contributed by atoms with E-state index in [1.807, 2.05) is 42.7 Å². The highest BCUT2D eigenvalue weighted by molar-refractivity contribution is 6.09. The number of carbonyl (C=O) groups excluding carboxylic acids is 2. The van der Waals surface area contributed by atoms with Gasteiger partial charge in [0.2, 0.25) is 0 Å². The van der Waals surface area contributed by atoms with Crippen LogP contribution >= 0.6 is 0 Å². The normalized spacial score (nSPS) is 12.6. The number of hydrogen-bond acceptors (Lipinski definition) is 3. The summed E-state index contributed by atoms with van der Waals surface area (Å²) in [4.78, 5) is 32.8. The summed E-state index contributed by atoms with van der Waals surface area (Å²) in [6, 6.07) is 26.1. The Kier molecular flexibility index (Phi) is 7.42. The van der Waals surface area contributed by atoms with Crippen molar-refractivity contribution in [3.05, 3.63) is 125 Å². The van der Waals surface area contributed by atoms with E-state index in [0.29, 0.717) is 47.1 Å². The highest BCUT2D eigenvalue weighted by atomic mass is 19.4. The molecule has 3 heterocycles. The number of nitrogens with zero attached hydrogens (tertiary/aromatic N) is 3. The third-order valence-corrected chi connectivity index (χ3v) is 7.62. The van der Waals surface area contributed by atoms with E-state index >= 15 is 0 Å². The standard InChI is InChI=1S/C34H28F3N5O2/c1-21-11-12-22(2)42(21)31-10-6-9-30(39-31)40-33(44)41-18-17-24-19-26(14-16-29(24)41)38-32(43)28-20-25(34(35,36)37)13-15-27(28)23-7-4-3-5-8-23/h3-16,19-20H,17-18H2,1-2H3,(H,38,43)(H,39,40,44). The molecule has 3 amide bonds. The van der Waals surface area contributed by atoms with Gasteiger partial charge in [-0.2, -0.15) is 13.2 Å². The third kappa shape index (κ3) is 5.66. The molecule has 0 saturated heterocycles. The summed E-state index contributed by atoms with van der Waals surface area (Å²) >= 11 is 0. The number of urea groups is 1. The van der Waals surface area contributed by atoms with Gasteiger partial charge in [-0.3, -0.25) is 15.0 Å². The summed E-state index contributed by atoms with van der Waals surface area (Å²) in [5, 5.41) is 5.63. The fourth-order valence-electron chi connectivity index (χ4n) is 5.49. The Labute approximate surface area is 252 Å². The second-order valence-corrected chi connectivity index (χ2v) is 10.6. The molecular weight excluding hydrogens is 567 g/mol. The number of aryl methyl sites for hydroxylation is 2. The molecule has 3 aromatic carbocycles. The van der Waals surface area contributed by atoms with Crippen molar-refractivity contribution in [2.75, 3.05) is 22.1 Å². The minimum absolute atomic E-state index is 0.0902. The van der Waals surface area contributed by atoms with Crippen LogP contribution in [0.25, 0.3) is 16.9 Å². The highest BCUT2D eigenvalue weighted by Crippen LogP contribution is 2.35. The number of nitrogens with one attached hydrogen (secondary N) is 2. The zero-order valence-corrected chi connectivity index (χ0v) is 23.9. The molecule has 0 radical (unpaired) electrons. The number of pyridine rings is 1. The van der Waals surface area contributed by atoms with Crippen LogP contribution in [0.3, 0.4) is 0 Å². The molecule has 0 saturated carbocycles. The second-order valence-electron chi connectivity index (χ2n) is 10.6. The molecular formula is C34H28F3N5O2. The van der Waals surface area contributed by atoms with Crippen molar-refractivity contribution in [1.29, 1.82) is 0 Å². The van der Waals surface area contributed by atoms with E-state index in [2.05, 4.69) is 15.6 Å². The molecule has 10 heteroatoms.